The fourth-order valence-electron chi connectivity index (χ4n) is 2.91. The van der Waals surface area contributed by atoms with Crippen LogP contribution in [0.1, 0.15) is 39.0 Å². The Morgan fingerprint density at radius 3 is 2.79 bits per heavy atom. The van der Waals surface area contributed by atoms with Crippen LogP contribution < -0.4 is 10.6 Å². The van der Waals surface area contributed by atoms with Gasteiger partial charge in [0.25, 0.3) is 0 Å². The second-order valence-electron chi connectivity index (χ2n) is 5.67. The second kappa shape index (κ2) is 7.22. The van der Waals surface area contributed by atoms with E-state index in [0.717, 1.165) is 38.6 Å². The molecule has 0 aromatic carbocycles. The Morgan fingerprint density at radius 1 is 1.26 bits per heavy atom. The summed E-state index contributed by atoms with van der Waals surface area (Å²) in [6.45, 7) is 4.10. The van der Waals surface area contributed by atoms with Crippen molar-refractivity contribution >= 4 is 5.91 Å². The van der Waals surface area contributed by atoms with E-state index in [1.807, 2.05) is 0 Å². The average Bonchev–Trinajstić information content (AvgIpc) is 2.87. The standard InChI is InChI=1S/C14H26N2O3/c1-2-7-15-12-9-19-8-10(12)14(18)16-11-5-3-4-6-13(11)17/h10-13,15,17H,2-9H2,1H3,(H,16,18)/t10?,11-,12?,13-/m0/s1. The topological polar surface area (TPSA) is 70.6 Å². The molecule has 0 spiro atoms. The summed E-state index contributed by atoms with van der Waals surface area (Å²) in [6.07, 6.45) is 4.48. The Balaban J connectivity index is 1.84. The molecule has 0 bridgehead atoms. The highest BCUT2D eigenvalue weighted by molar-refractivity contribution is 5.80. The van der Waals surface area contributed by atoms with Gasteiger partial charge in [0, 0.05) is 6.04 Å². The van der Waals surface area contributed by atoms with E-state index in [0.29, 0.717) is 13.2 Å². The van der Waals surface area contributed by atoms with Crippen LogP contribution in [-0.2, 0) is 9.53 Å². The third-order valence-corrected chi connectivity index (χ3v) is 4.13. The summed E-state index contributed by atoms with van der Waals surface area (Å²) in [7, 11) is 0. The highest BCUT2D eigenvalue weighted by Crippen LogP contribution is 2.20. The molecule has 1 saturated heterocycles. The molecule has 0 radical (unpaired) electrons. The Labute approximate surface area is 115 Å². The first-order valence-corrected chi connectivity index (χ1v) is 7.52. The molecule has 110 valence electrons. The van der Waals surface area contributed by atoms with Crippen molar-refractivity contribution < 1.29 is 14.6 Å². The van der Waals surface area contributed by atoms with E-state index >= 15 is 0 Å². The third kappa shape index (κ3) is 3.91. The smallest absolute Gasteiger partial charge is 0.227 e. The zero-order chi connectivity index (χ0) is 13.7. The number of nitrogens with one attached hydrogen (secondary N) is 2. The number of carbonyl (C=O) groups is 1. The highest BCUT2D eigenvalue weighted by Gasteiger charge is 2.35. The maximum atomic E-state index is 12.3. The SMILES string of the molecule is CCCNC1COCC1C(=O)N[C@H]1CCCC[C@@H]1O. The predicted octanol–water partition coefficient (Wildman–Crippen LogP) is 0.421. The second-order valence-corrected chi connectivity index (χ2v) is 5.67. The minimum Gasteiger partial charge on any atom is -0.391 e. The molecule has 19 heavy (non-hydrogen) atoms. The summed E-state index contributed by atoms with van der Waals surface area (Å²) in [5, 5.41) is 16.3. The predicted molar refractivity (Wildman–Crippen MR) is 72.8 cm³/mol. The van der Waals surface area contributed by atoms with Gasteiger partial charge in [-0.15, -0.1) is 0 Å². The molecule has 5 nitrogen and oxygen atoms in total. The molecule has 1 aliphatic carbocycles. The number of ether oxygens (including phenoxy) is 1. The van der Waals surface area contributed by atoms with Crippen molar-refractivity contribution in [3.63, 3.8) is 0 Å². The van der Waals surface area contributed by atoms with E-state index in [9.17, 15) is 9.90 Å². The quantitative estimate of drug-likeness (QED) is 0.677. The van der Waals surface area contributed by atoms with Gasteiger partial charge in [0.15, 0.2) is 0 Å². The van der Waals surface area contributed by atoms with Gasteiger partial charge in [-0.05, 0) is 25.8 Å². The fourth-order valence-corrected chi connectivity index (χ4v) is 2.91. The lowest BCUT2D eigenvalue weighted by atomic mass is 9.91. The molecule has 4 atom stereocenters. The van der Waals surface area contributed by atoms with E-state index in [1.54, 1.807) is 0 Å². The number of hydrogen-bond acceptors (Lipinski definition) is 4. The van der Waals surface area contributed by atoms with Crippen molar-refractivity contribution in [3.05, 3.63) is 0 Å². The minimum atomic E-state index is -0.387. The molecular weight excluding hydrogens is 244 g/mol. The monoisotopic (exact) mass is 270 g/mol. The van der Waals surface area contributed by atoms with Gasteiger partial charge in [0.1, 0.15) is 0 Å². The average molecular weight is 270 g/mol. The Morgan fingerprint density at radius 2 is 2.05 bits per heavy atom. The summed E-state index contributed by atoms with van der Waals surface area (Å²) in [5.74, 6) is -0.0993. The van der Waals surface area contributed by atoms with Crippen LogP contribution in [0, 0.1) is 5.92 Å². The first-order chi connectivity index (χ1) is 9.22. The Hall–Kier alpha value is -0.650. The lowest BCUT2D eigenvalue weighted by Gasteiger charge is -2.30. The van der Waals surface area contributed by atoms with Crippen LogP contribution >= 0.6 is 0 Å². The molecule has 0 aromatic rings. The first-order valence-electron chi connectivity index (χ1n) is 7.52. The molecule has 1 heterocycles. The maximum absolute atomic E-state index is 12.3. The highest BCUT2D eigenvalue weighted by atomic mass is 16.5. The van der Waals surface area contributed by atoms with E-state index in [4.69, 9.17) is 4.74 Å². The molecule has 3 N–H and O–H groups in total. The van der Waals surface area contributed by atoms with Crippen molar-refractivity contribution in [1.82, 2.24) is 10.6 Å². The molecule has 1 aliphatic heterocycles. The van der Waals surface area contributed by atoms with Crippen molar-refractivity contribution in [2.45, 2.75) is 57.2 Å². The van der Waals surface area contributed by atoms with Gasteiger partial charge in [-0.3, -0.25) is 4.79 Å². The van der Waals surface area contributed by atoms with Crippen LogP contribution in [0.4, 0.5) is 0 Å². The van der Waals surface area contributed by atoms with E-state index in [-0.39, 0.29) is 30.0 Å². The number of rotatable bonds is 5. The van der Waals surface area contributed by atoms with Crippen LogP contribution in [0.5, 0.6) is 0 Å². The molecule has 1 saturated carbocycles. The minimum absolute atomic E-state index is 0.0250. The third-order valence-electron chi connectivity index (χ3n) is 4.13. The molecule has 2 fully saturated rings. The largest absolute Gasteiger partial charge is 0.391 e. The van der Waals surface area contributed by atoms with Gasteiger partial charge in [-0.1, -0.05) is 19.8 Å². The van der Waals surface area contributed by atoms with Gasteiger partial charge in [-0.2, -0.15) is 0 Å². The van der Waals surface area contributed by atoms with Gasteiger partial charge >= 0.3 is 0 Å². The van der Waals surface area contributed by atoms with Crippen LogP contribution in [0.2, 0.25) is 0 Å². The maximum Gasteiger partial charge on any atom is 0.227 e. The number of hydrogen-bond donors (Lipinski definition) is 3. The zero-order valence-electron chi connectivity index (χ0n) is 11.7. The number of carbonyl (C=O) groups excluding carboxylic acids is 1. The summed E-state index contributed by atoms with van der Waals surface area (Å²) < 4.78 is 5.42. The van der Waals surface area contributed by atoms with Gasteiger partial charge in [0.05, 0.1) is 31.3 Å². The van der Waals surface area contributed by atoms with E-state index in [1.165, 1.54) is 0 Å². The zero-order valence-corrected chi connectivity index (χ0v) is 11.7. The summed E-state index contributed by atoms with van der Waals surface area (Å²) in [5.41, 5.74) is 0. The molecular formula is C14H26N2O3. The van der Waals surface area contributed by atoms with Crippen LogP contribution in [-0.4, -0.2) is 49.0 Å². The molecule has 0 aromatic heterocycles. The molecule has 2 aliphatic rings. The van der Waals surface area contributed by atoms with Crippen molar-refractivity contribution in [1.29, 1.82) is 0 Å². The van der Waals surface area contributed by atoms with Crippen LogP contribution in [0.15, 0.2) is 0 Å². The summed E-state index contributed by atoms with van der Waals surface area (Å²) in [4.78, 5) is 12.3. The Kier molecular flexibility index (Phi) is 5.60. The molecule has 2 rings (SSSR count). The summed E-state index contributed by atoms with van der Waals surface area (Å²) in [6, 6.07) is 0.0364. The van der Waals surface area contributed by atoms with Crippen LogP contribution in [0.25, 0.3) is 0 Å². The van der Waals surface area contributed by atoms with Crippen molar-refractivity contribution in [2.24, 2.45) is 5.92 Å². The number of aliphatic hydroxyl groups excluding tert-OH is 1. The summed E-state index contributed by atoms with van der Waals surface area (Å²) >= 11 is 0. The first kappa shape index (κ1) is 14.8. The van der Waals surface area contributed by atoms with Gasteiger partial charge in [0.2, 0.25) is 5.91 Å². The van der Waals surface area contributed by atoms with Gasteiger partial charge < -0.3 is 20.5 Å². The van der Waals surface area contributed by atoms with Crippen molar-refractivity contribution in [2.75, 3.05) is 19.8 Å². The molecule has 2 unspecified atom stereocenters. The molecule has 1 amide bonds. The van der Waals surface area contributed by atoms with Gasteiger partial charge in [-0.25, -0.2) is 0 Å². The van der Waals surface area contributed by atoms with E-state index in [2.05, 4.69) is 17.6 Å². The van der Waals surface area contributed by atoms with E-state index < -0.39 is 0 Å². The molecule has 5 heteroatoms. The lowest BCUT2D eigenvalue weighted by molar-refractivity contribution is -0.127. The van der Waals surface area contributed by atoms with Crippen LogP contribution in [0.3, 0.4) is 0 Å². The number of amides is 1. The number of aliphatic hydroxyl groups is 1. The normalized spacial score (nSPS) is 35.3. The lowest BCUT2D eigenvalue weighted by Crippen LogP contribution is -2.51. The Bertz CT molecular complexity index is 298. The fraction of sp³-hybridized carbons (Fsp3) is 0.929. The van der Waals surface area contributed by atoms with Crippen molar-refractivity contribution in [3.8, 4) is 0 Å².